The average Bonchev–Trinajstić information content (AvgIpc) is 2.85. The Balaban J connectivity index is 1.82. The van der Waals surface area contributed by atoms with Crippen molar-refractivity contribution >= 4 is 11.6 Å². The molecule has 0 aliphatic carbocycles. The highest BCUT2D eigenvalue weighted by Crippen LogP contribution is 2.34. The van der Waals surface area contributed by atoms with Gasteiger partial charge in [0.25, 0.3) is 5.91 Å². The summed E-state index contributed by atoms with van der Waals surface area (Å²) < 4.78 is 24.1. The summed E-state index contributed by atoms with van der Waals surface area (Å²) in [6, 6.07) is 9.51. The molecule has 0 atom stereocenters. The van der Waals surface area contributed by atoms with Gasteiger partial charge in [0.2, 0.25) is 6.79 Å². The standard InChI is InChI=1S/C15H12FNO3/c1-9-2-4-11(12(16)6-9)15(18)17-10-3-5-13-14(7-10)20-8-19-13/h2-7H,8H2,1H3,(H,17,18). The molecular formula is C15H12FNO3. The van der Waals surface area contributed by atoms with Gasteiger partial charge in [0.05, 0.1) is 5.56 Å². The maximum Gasteiger partial charge on any atom is 0.258 e. The molecule has 0 unspecified atom stereocenters. The molecule has 0 saturated carbocycles. The maximum atomic E-state index is 13.7. The second kappa shape index (κ2) is 4.85. The lowest BCUT2D eigenvalue weighted by Crippen LogP contribution is -2.13. The fraction of sp³-hybridized carbons (Fsp3) is 0.133. The highest BCUT2D eigenvalue weighted by molar-refractivity contribution is 6.04. The molecule has 0 spiro atoms. The number of anilines is 1. The van der Waals surface area contributed by atoms with Gasteiger partial charge in [0.1, 0.15) is 5.82 Å². The molecule has 0 radical (unpaired) electrons. The van der Waals surface area contributed by atoms with E-state index < -0.39 is 11.7 Å². The minimum Gasteiger partial charge on any atom is -0.454 e. The lowest BCUT2D eigenvalue weighted by Gasteiger charge is -2.07. The Morgan fingerprint density at radius 1 is 1.15 bits per heavy atom. The Kier molecular flexibility index (Phi) is 3.02. The SMILES string of the molecule is Cc1ccc(C(=O)Nc2ccc3c(c2)OCO3)c(F)c1. The number of fused-ring (bicyclic) bond motifs is 1. The van der Waals surface area contributed by atoms with Crippen LogP contribution in [0.25, 0.3) is 0 Å². The number of hydrogen-bond donors (Lipinski definition) is 1. The largest absolute Gasteiger partial charge is 0.454 e. The molecule has 0 aromatic heterocycles. The van der Waals surface area contributed by atoms with Crippen LogP contribution >= 0.6 is 0 Å². The molecule has 1 N–H and O–H groups in total. The van der Waals surface area contributed by atoms with E-state index in [0.717, 1.165) is 5.56 Å². The average molecular weight is 273 g/mol. The smallest absolute Gasteiger partial charge is 0.258 e. The topological polar surface area (TPSA) is 47.6 Å². The zero-order chi connectivity index (χ0) is 14.1. The molecule has 2 aromatic carbocycles. The van der Waals surface area contributed by atoms with Crippen LogP contribution in [-0.2, 0) is 0 Å². The lowest BCUT2D eigenvalue weighted by atomic mass is 10.1. The number of nitrogens with one attached hydrogen (secondary N) is 1. The quantitative estimate of drug-likeness (QED) is 0.914. The van der Waals surface area contributed by atoms with E-state index in [4.69, 9.17) is 9.47 Å². The number of amides is 1. The van der Waals surface area contributed by atoms with E-state index in [1.54, 1.807) is 31.2 Å². The van der Waals surface area contributed by atoms with Gasteiger partial charge >= 0.3 is 0 Å². The highest BCUT2D eigenvalue weighted by atomic mass is 19.1. The molecule has 1 aliphatic rings. The van der Waals surface area contributed by atoms with Crippen molar-refractivity contribution in [3.05, 3.63) is 53.3 Å². The van der Waals surface area contributed by atoms with E-state index in [2.05, 4.69) is 5.32 Å². The second-order valence-electron chi connectivity index (χ2n) is 4.51. The minimum atomic E-state index is -0.539. The first kappa shape index (κ1) is 12.5. The van der Waals surface area contributed by atoms with Crippen molar-refractivity contribution in [2.75, 3.05) is 12.1 Å². The normalized spacial score (nSPS) is 12.3. The van der Waals surface area contributed by atoms with Gasteiger partial charge in [-0.1, -0.05) is 6.07 Å². The summed E-state index contributed by atoms with van der Waals surface area (Å²) in [6.07, 6.45) is 0. The number of halogens is 1. The van der Waals surface area contributed by atoms with Crippen LogP contribution in [0.15, 0.2) is 36.4 Å². The van der Waals surface area contributed by atoms with Crippen LogP contribution in [0.1, 0.15) is 15.9 Å². The molecular weight excluding hydrogens is 261 g/mol. The molecule has 1 amide bonds. The van der Waals surface area contributed by atoms with Gasteiger partial charge < -0.3 is 14.8 Å². The Bertz CT molecular complexity index is 685. The van der Waals surface area contributed by atoms with Crippen LogP contribution in [0.3, 0.4) is 0 Å². The fourth-order valence-electron chi connectivity index (χ4n) is 1.98. The first-order valence-corrected chi connectivity index (χ1v) is 6.10. The van der Waals surface area contributed by atoms with Crippen LogP contribution < -0.4 is 14.8 Å². The summed E-state index contributed by atoms with van der Waals surface area (Å²) in [5.74, 6) is 0.154. The third-order valence-electron chi connectivity index (χ3n) is 3.00. The first-order valence-electron chi connectivity index (χ1n) is 6.10. The minimum absolute atomic E-state index is 0.00765. The van der Waals surface area contributed by atoms with Gasteiger partial charge in [-0.25, -0.2) is 4.39 Å². The molecule has 20 heavy (non-hydrogen) atoms. The summed E-state index contributed by atoms with van der Waals surface area (Å²) in [5, 5.41) is 2.63. The zero-order valence-corrected chi connectivity index (χ0v) is 10.8. The van der Waals surface area contributed by atoms with Crippen molar-refractivity contribution in [1.82, 2.24) is 0 Å². The molecule has 2 aromatic rings. The van der Waals surface area contributed by atoms with Crippen LogP contribution in [0.5, 0.6) is 11.5 Å². The predicted octanol–water partition coefficient (Wildman–Crippen LogP) is 3.12. The molecule has 102 valence electrons. The van der Waals surface area contributed by atoms with Crippen LogP contribution in [0.4, 0.5) is 10.1 Å². The van der Waals surface area contributed by atoms with Gasteiger partial charge in [-0.05, 0) is 36.8 Å². The van der Waals surface area contributed by atoms with Gasteiger partial charge in [0, 0.05) is 11.8 Å². The molecule has 0 fully saturated rings. The molecule has 4 nitrogen and oxygen atoms in total. The number of carbonyl (C=O) groups is 1. The van der Waals surface area contributed by atoms with Gasteiger partial charge in [-0.15, -0.1) is 0 Å². The van der Waals surface area contributed by atoms with Crippen molar-refractivity contribution in [3.63, 3.8) is 0 Å². The van der Waals surface area contributed by atoms with Crippen molar-refractivity contribution in [2.24, 2.45) is 0 Å². The molecule has 5 heteroatoms. The second-order valence-corrected chi connectivity index (χ2v) is 4.51. The monoisotopic (exact) mass is 273 g/mol. The summed E-state index contributed by atoms with van der Waals surface area (Å²) >= 11 is 0. The number of benzene rings is 2. The molecule has 0 saturated heterocycles. The maximum absolute atomic E-state index is 13.7. The number of carbonyl (C=O) groups excluding carboxylic acids is 1. The number of aryl methyl sites for hydroxylation is 1. The summed E-state index contributed by atoms with van der Waals surface area (Å²) in [4.78, 5) is 12.0. The van der Waals surface area contributed by atoms with E-state index in [1.807, 2.05) is 0 Å². The van der Waals surface area contributed by atoms with Crippen molar-refractivity contribution in [1.29, 1.82) is 0 Å². The number of hydrogen-bond acceptors (Lipinski definition) is 3. The van der Waals surface area contributed by atoms with E-state index >= 15 is 0 Å². The zero-order valence-electron chi connectivity index (χ0n) is 10.8. The first-order chi connectivity index (χ1) is 9.63. The summed E-state index contributed by atoms with van der Waals surface area (Å²) in [7, 11) is 0. The van der Waals surface area contributed by atoms with Crippen molar-refractivity contribution < 1.29 is 18.7 Å². The van der Waals surface area contributed by atoms with E-state index in [1.165, 1.54) is 12.1 Å². The van der Waals surface area contributed by atoms with E-state index in [-0.39, 0.29) is 12.4 Å². The Morgan fingerprint density at radius 3 is 2.75 bits per heavy atom. The molecule has 1 aliphatic heterocycles. The molecule has 0 bridgehead atoms. The summed E-state index contributed by atoms with van der Waals surface area (Å²) in [6.45, 7) is 1.93. The Morgan fingerprint density at radius 2 is 1.95 bits per heavy atom. The fourth-order valence-corrected chi connectivity index (χ4v) is 1.98. The van der Waals surface area contributed by atoms with Crippen LogP contribution in [0.2, 0.25) is 0 Å². The van der Waals surface area contributed by atoms with E-state index in [9.17, 15) is 9.18 Å². The van der Waals surface area contributed by atoms with Crippen LogP contribution in [0, 0.1) is 12.7 Å². The third kappa shape index (κ3) is 2.30. The predicted molar refractivity (Wildman–Crippen MR) is 71.7 cm³/mol. The molecule has 1 heterocycles. The van der Waals surface area contributed by atoms with Crippen molar-refractivity contribution in [2.45, 2.75) is 6.92 Å². The molecule has 3 rings (SSSR count). The lowest BCUT2D eigenvalue weighted by molar-refractivity contribution is 0.102. The number of rotatable bonds is 2. The Hall–Kier alpha value is -2.56. The van der Waals surface area contributed by atoms with Gasteiger partial charge in [-0.2, -0.15) is 0 Å². The van der Waals surface area contributed by atoms with E-state index in [0.29, 0.717) is 17.2 Å². The van der Waals surface area contributed by atoms with Gasteiger partial charge in [-0.3, -0.25) is 4.79 Å². The van der Waals surface area contributed by atoms with Crippen molar-refractivity contribution in [3.8, 4) is 11.5 Å². The Labute approximate surface area is 115 Å². The van der Waals surface area contributed by atoms with Crippen LogP contribution in [-0.4, -0.2) is 12.7 Å². The summed E-state index contributed by atoms with van der Waals surface area (Å²) in [5.41, 5.74) is 1.30. The third-order valence-corrected chi connectivity index (χ3v) is 3.00. The number of ether oxygens (including phenoxy) is 2. The van der Waals surface area contributed by atoms with Gasteiger partial charge in [0.15, 0.2) is 11.5 Å². The highest BCUT2D eigenvalue weighted by Gasteiger charge is 2.16.